The highest BCUT2D eigenvalue weighted by Crippen LogP contribution is 2.33. The van der Waals surface area contributed by atoms with Crippen LogP contribution in [0, 0.1) is 12.7 Å². The monoisotopic (exact) mass is 687 g/mol. The van der Waals surface area contributed by atoms with Crippen molar-refractivity contribution in [2.75, 3.05) is 22.5 Å². The molecule has 0 radical (unpaired) electrons. The third-order valence-electron chi connectivity index (χ3n) is 8.30. The van der Waals surface area contributed by atoms with Crippen molar-refractivity contribution < 1.29 is 28.7 Å². The van der Waals surface area contributed by atoms with Crippen LogP contribution in [0.4, 0.5) is 26.4 Å². The van der Waals surface area contributed by atoms with Crippen molar-refractivity contribution in [1.29, 1.82) is 0 Å². The molecule has 0 aliphatic carbocycles. The van der Waals surface area contributed by atoms with Crippen LogP contribution >= 0.6 is 0 Å². The van der Waals surface area contributed by atoms with Gasteiger partial charge in [-0.15, -0.1) is 0 Å². The molecular formula is C37H46FN7O5. The first kappa shape index (κ1) is 37.5. The lowest BCUT2D eigenvalue weighted by molar-refractivity contribution is -0.140. The lowest BCUT2D eigenvalue weighted by Gasteiger charge is -2.11. The first-order valence-electron chi connectivity index (χ1n) is 17.1. The van der Waals surface area contributed by atoms with Crippen LogP contribution in [0.25, 0.3) is 22.0 Å². The second-order valence-electron chi connectivity index (χ2n) is 12.4. The number of nitrogens with one attached hydrogen (secondary N) is 5. The number of H-pyrrole nitrogens is 1. The van der Waals surface area contributed by atoms with Crippen molar-refractivity contribution in [3.8, 4) is 11.1 Å². The zero-order valence-electron chi connectivity index (χ0n) is 28.3. The molecule has 266 valence electrons. The fourth-order valence-electron chi connectivity index (χ4n) is 5.59. The molecular weight excluding hydrogens is 641 g/mol. The summed E-state index contributed by atoms with van der Waals surface area (Å²) in [6.07, 6.45) is 9.22. The third-order valence-corrected chi connectivity index (χ3v) is 8.30. The molecule has 12 nitrogen and oxygen atoms in total. The van der Waals surface area contributed by atoms with Gasteiger partial charge in [-0.1, -0.05) is 75.3 Å². The molecule has 0 aliphatic rings. The second-order valence-corrected chi connectivity index (χ2v) is 12.4. The van der Waals surface area contributed by atoms with E-state index in [1.165, 1.54) is 6.07 Å². The maximum atomic E-state index is 14.0. The van der Waals surface area contributed by atoms with Crippen molar-refractivity contribution in [3.05, 3.63) is 72.0 Å². The molecule has 50 heavy (non-hydrogen) atoms. The number of unbranched alkanes of at least 4 members (excludes halogenated alkanes) is 8. The van der Waals surface area contributed by atoms with Crippen molar-refractivity contribution >= 4 is 51.9 Å². The van der Waals surface area contributed by atoms with Crippen molar-refractivity contribution in [2.24, 2.45) is 5.73 Å². The smallest absolute Gasteiger partial charge is 0.323 e. The molecule has 0 fully saturated rings. The van der Waals surface area contributed by atoms with Gasteiger partial charge in [0.25, 0.3) is 0 Å². The van der Waals surface area contributed by atoms with E-state index in [4.69, 9.17) is 10.8 Å². The van der Waals surface area contributed by atoms with Crippen LogP contribution < -0.4 is 27.0 Å². The molecule has 0 spiro atoms. The van der Waals surface area contributed by atoms with Crippen molar-refractivity contribution in [2.45, 2.75) is 83.6 Å². The zero-order valence-corrected chi connectivity index (χ0v) is 28.3. The number of urea groups is 1. The van der Waals surface area contributed by atoms with E-state index in [0.717, 1.165) is 85.4 Å². The largest absolute Gasteiger partial charge is 0.480 e. The molecule has 0 bridgehead atoms. The summed E-state index contributed by atoms with van der Waals surface area (Å²) in [5.74, 6) is -1.66. The number of carbonyl (C=O) groups excluding carboxylic acids is 3. The number of fused-ring (bicyclic) bond motifs is 1. The number of carbonyl (C=O) groups is 4. The Morgan fingerprint density at radius 3 is 2.22 bits per heavy atom. The number of aromatic amines is 1. The van der Waals surface area contributed by atoms with Gasteiger partial charge in [-0.25, -0.2) is 9.18 Å². The van der Waals surface area contributed by atoms with Gasteiger partial charge in [-0.3, -0.25) is 19.5 Å². The molecule has 0 unspecified atom stereocenters. The minimum atomic E-state index is -1.18. The van der Waals surface area contributed by atoms with Gasteiger partial charge in [0.2, 0.25) is 11.8 Å². The van der Waals surface area contributed by atoms with Gasteiger partial charge >= 0.3 is 12.0 Å². The molecule has 0 saturated heterocycles. The van der Waals surface area contributed by atoms with Crippen LogP contribution in [0.2, 0.25) is 0 Å². The molecule has 0 saturated carbocycles. The Labute approximate surface area is 290 Å². The summed E-state index contributed by atoms with van der Waals surface area (Å²) in [5.41, 5.74) is 9.35. The number of aliphatic carboxylic acids is 1. The van der Waals surface area contributed by atoms with Gasteiger partial charge in [0, 0.05) is 18.7 Å². The zero-order chi connectivity index (χ0) is 35.9. The van der Waals surface area contributed by atoms with E-state index in [2.05, 4.69) is 31.5 Å². The number of nitrogens with two attached hydrogens (primary N) is 1. The standard InChI is InChI=1S/C37H46FN7O5/c1-24-15-20-28(38)31(22-24)42-37(50)41-26-18-16-25(17-19-26)27-12-11-13-30-34(27)35(45-44-30)43-32(46)14-9-7-5-3-2-4-6-8-10-21-40-33(47)23-29(39)36(48)49/h11-13,15-20,22,29H,2-10,14,21,23,39H2,1H3,(H,40,47)(H,48,49)(H2,41,42,50)(H2,43,44,45,46)/t29-/m0/s1. The van der Waals surface area contributed by atoms with Crippen molar-refractivity contribution in [1.82, 2.24) is 15.5 Å². The molecule has 4 amide bonds. The molecule has 1 atom stereocenters. The number of carboxylic acids is 1. The Morgan fingerprint density at radius 1 is 0.840 bits per heavy atom. The van der Waals surface area contributed by atoms with Crippen molar-refractivity contribution in [3.63, 3.8) is 0 Å². The van der Waals surface area contributed by atoms with E-state index in [1.54, 1.807) is 24.3 Å². The Hall–Kier alpha value is -5.30. The molecule has 8 N–H and O–H groups in total. The molecule has 4 aromatic rings. The summed E-state index contributed by atoms with van der Waals surface area (Å²) in [7, 11) is 0. The number of rotatable bonds is 19. The first-order valence-corrected chi connectivity index (χ1v) is 17.1. The van der Waals surface area contributed by atoms with Gasteiger partial charge in [0.15, 0.2) is 5.82 Å². The fraction of sp³-hybridized carbons (Fsp3) is 0.378. The Balaban J connectivity index is 1.15. The SMILES string of the molecule is Cc1ccc(F)c(NC(=O)Nc2ccc(-c3cccc4[nH]nc(NC(=O)CCCCCCCCCCCNC(=O)C[C@H](N)C(=O)O)c34)cc2)c1. The average molecular weight is 688 g/mol. The number of halogens is 1. The van der Waals surface area contributed by atoms with Crippen LogP contribution in [0.1, 0.15) is 76.2 Å². The van der Waals surface area contributed by atoms with Crippen LogP contribution in [-0.2, 0) is 14.4 Å². The Kier molecular flexibility index (Phi) is 14.3. The van der Waals surface area contributed by atoms with Crippen LogP contribution in [0.5, 0.6) is 0 Å². The van der Waals surface area contributed by atoms with E-state index < -0.39 is 23.9 Å². The number of amides is 4. The summed E-state index contributed by atoms with van der Waals surface area (Å²) < 4.78 is 14.0. The number of aromatic nitrogens is 2. The number of carboxylic acid groups (broad SMARTS) is 1. The van der Waals surface area contributed by atoms with Crippen LogP contribution in [-0.4, -0.2) is 51.7 Å². The molecule has 0 aliphatic heterocycles. The van der Waals surface area contributed by atoms with E-state index >= 15 is 0 Å². The Morgan fingerprint density at radius 2 is 1.52 bits per heavy atom. The summed E-state index contributed by atoms with van der Waals surface area (Å²) in [6, 6.07) is 15.8. The Bertz CT molecular complexity index is 1760. The highest BCUT2D eigenvalue weighted by atomic mass is 19.1. The van der Waals surface area contributed by atoms with E-state index in [-0.39, 0.29) is 23.9 Å². The highest BCUT2D eigenvalue weighted by Gasteiger charge is 2.16. The van der Waals surface area contributed by atoms with E-state index in [1.807, 2.05) is 37.3 Å². The van der Waals surface area contributed by atoms with Gasteiger partial charge in [0.05, 0.1) is 23.0 Å². The van der Waals surface area contributed by atoms with Crippen LogP contribution in [0.3, 0.4) is 0 Å². The van der Waals surface area contributed by atoms with E-state index in [9.17, 15) is 23.6 Å². The maximum Gasteiger partial charge on any atom is 0.323 e. The third kappa shape index (κ3) is 11.7. The lowest BCUT2D eigenvalue weighted by atomic mass is 10.0. The maximum absolute atomic E-state index is 14.0. The number of hydrogen-bond donors (Lipinski definition) is 7. The molecule has 13 heteroatoms. The quantitative estimate of drug-likeness (QED) is 0.0512. The van der Waals surface area contributed by atoms with Crippen LogP contribution in [0.15, 0.2) is 60.7 Å². The van der Waals surface area contributed by atoms with E-state index in [0.29, 0.717) is 24.5 Å². The summed E-state index contributed by atoms with van der Waals surface area (Å²) in [5, 5.41) is 27.8. The number of nitrogens with zero attached hydrogens (tertiary/aromatic N) is 1. The molecule has 1 heterocycles. The summed E-state index contributed by atoms with van der Waals surface area (Å²) in [6.45, 7) is 2.34. The number of aryl methyl sites for hydroxylation is 1. The fourth-order valence-corrected chi connectivity index (χ4v) is 5.59. The number of anilines is 3. The predicted molar refractivity (Wildman–Crippen MR) is 193 cm³/mol. The molecule has 3 aromatic carbocycles. The lowest BCUT2D eigenvalue weighted by Crippen LogP contribution is -2.37. The predicted octanol–water partition coefficient (Wildman–Crippen LogP) is 7.08. The summed E-state index contributed by atoms with van der Waals surface area (Å²) in [4.78, 5) is 47.6. The first-order chi connectivity index (χ1) is 24.1. The minimum Gasteiger partial charge on any atom is -0.480 e. The number of benzene rings is 3. The molecule has 4 rings (SSSR count). The van der Waals surface area contributed by atoms with Gasteiger partial charge < -0.3 is 32.1 Å². The van der Waals surface area contributed by atoms with Gasteiger partial charge in [-0.2, -0.15) is 5.10 Å². The second kappa shape index (κ2) is 19.0. The topological polar surface area (TPSA) is 191 Å². The summed E-state index contributed by atoms with van der Waals surface area (Å²) >= 11 is 0. The van der Waals surface area contributed by atoms with Gasteiger partial charge in [0.1, 0.15) is 11.9 Å². The number of hydrogen-bond acceptors (Lipinski definition) is 6. The average Bonchev–Trinajstić information content (AvgIpc) is 3.49. The van der Waals surface area contributed by atoms with Gasteiger partial charge in [-0.05, 0) is 66.8 Å². The minimum absolute atomic E-state index is 0.0964. The highest BCUT2D eigenvalue weighted by molar-refractivity contribution is 6.07. The normalized spacial score (nSPS) is 11.6. The molecule has 1 aromatic heterocycles.